The summed E-state index contributed by atoms with van der Waals surface area (Å²) in [6, 6.07) is 0. The van der Waals surface area contributed by atoms with Crippen molar-refractivity contribution in [3.8, 4) is 0 Å². The average Bonchev–Trinajstić information content (AvgIpc) is 2.94. The largest absolute Gasteiger partial charge is 0.382 e. The number of hydrogen-bond acceptors (Lipinski definition) is 5. The van der Waals surface area contributed by atoms with Gasteiger partial charge in [-0.2, -0.15) is 0 Å². The number of carbonyl (C=O) groups excluding carboxylic acids is 1. The number of amides is 1. The lowest BCUT2D eigenvalue weighted by Crippen LogP contribution is -2.28. The van der Waals surface area contributed by atoms with E-state index in [4.69, 9.17) is 5.73 Å². The topological polar surface area (TPSA) is 62.5 Å². The molecule has 2 rings (SSSR count). The van der Waals surface area contributed by atoms with Crippen LogP contribution in [0.5, 0.6) is 0 Å². The highest BCUT2D eigenvalue weighted by atomic mass is 32.1. The van der Waals surface area contributed by atoms with E-state index in [1.54, 1.807) is 0 Å². The second-order valence-electron chi connectivity index (χ2n) is 4.92. The lowest BCUT2D eigenvalue weighted by molar-refractivity contribution is 0.0792. The van der Waals surface area contributed by atoms with Crippen LogP contribution in [0.15, 0.2) is 0 Å². The first-order chi connectivity index (χ1) is 8.52. The first-order valence-electron chi connectivity index (χ1n) is 6.25. The highest BCUT2D eigenvalue weighted by molar-refractivity contribution is 7.18. The van der Waals surface area contributed by atoms with Gasteiger partial charge in [0.1, 0.15) is 10.7 Å². The number of likely N-dealkylation sites (tertiary alicyclic amines) is 1. The van der Waals surface area contributed by atoms with Gasteiger partial charge in [-0.05, 0) is 12.3 Å². The van der Waals surface area contributed by atoms with Crippen molar-refractivity contribution >= 4 is 28.2 Å². The van der Waals surface area contributed by atoms with Crippen molar-refractivity contribution in [1.82, 2.24) is 9.88 Å². The molecule has 0 bridgehead atoms. The Morgan fingerprint density at radius 3 is 2.83 bits per heavy atom. The number of nitrogens with two attached hydrogens (primary N) is 1. The second kappa shape index (κ2) is 5.14. The highest BCUT2D eigenvalue weighted by Gasteiger charge is 2.28. The van der Waals surface area contributed by atoms with E-state index >= 15 is 0 Å². The van der Waals surface area contributed by atoms with Crippen LogP contribution in [0.3, 0.4) is 0 Å². The van der Waals surface area contributed by atoms with Crippen molar-refractivity contribution < 1.29 is 4.79 Å². The molecule has 0 aromatic carbocycles. The number of nitrogens with zero attached hydrogens (tertiary/aromatic N) is 3. The van der Waals surface area contributed by atoms with E-state index in [0.717, 1.165) is 31.1 Å². The maximum atomic E-state index is 12.4. The van der Waals surface area contributed by atoms with Gasteiger partial charge in [0.2, 0.25) is 0 Å². The third kappa shape index (κ3) is 2.43. The summed E-state index contributed by atoms with van der Waals surface area (Å²) in [5, 5.41) is 0.780. The number of nitrogen functional groups attached to an aromatic ring is 1. The fourth-order valence-electron chi connectivity index (χ4n) is 2.16. The fourth-order valence-corrected chi connectivity index (χ4v) is 3.03. The molecule has 1 aliphatic heterocycles. The summed E-state index contributed by atoms with van der Waals surface area (Å²) in [5.74, 6) is 1.03. The van der Waals surface area contributed by atoms with Crippen molar-refractivity contribution in [2.24, 2.45) is 5.92 Å². The SMILES string of the molecule is CCC1CCN(C(=O)c2sc(N(C)C)nc2N)C1. The molecular formula is C12H20N4OS. The van der Waals surface area contributed by atoms with Crippen LogP contribution in [0.25, 0.3) is 0 Å². The molecule has 1 atom stereocenters. The molecule has 5 nitrogen and oxygen atoms in total. The smallest absolute Gasteiger partial charge is 0.267 e. The van der Waals surface area contributed by atoms with E-state index in [9.17, 15) is 4.79 Å². The van der Waals surface area contributed by atoms with Crippen molar-refractivity contribution in [3.63, 3.8) is 0 Å². The molecule has 6 heteroatoms. The Balaban J connectivity index is 2.14. The van der Waals surface area contributed by atoms with Gasteiger partial charge in [0.25, 0.3) is 5.91 Å². The predicted octanol–water partition coefficient (Wildman–Crippen LogP) is 1.66. The van der Waals surface area contributed by atoms with Crippen LogP contribution in [0.1, 0.15) is 29.4 Å². The number of rotatable bonds is 3. The van der Waals surface area contributed by atoms with Crippen molar-refractivity contribution in [3.05, 3.63) is 4.88 Å². The molecule has 0 spiro atoms. The molecule has 0 saturated carbocycles. The third-order valence-electron chi connectivity index (χ3n) is 3.37. The molecule has 1 aromatic heterocycles. The first-order valence-corrected chi connectivity index (χ1v) is 7.07. The number of thiazole rings is 1. The van der Waals surface area contributed by atoms with E-state index < -0.39 is 0 Å². The molecular weight excluding hydrogens is 248 g/mol. The molecule has 18 heavy (non-hydrogen) atoms. The lowest BCUT2D eigenvalue weighted by Gasteiger charge is -2.15. The van der Waals surface area contributed by atoms with E-state index in [1.807, 2.05) is 23.9 Å². The Bertz CT molecular complexity index is 443. The summed E-state index contributed by atoms with van der Waals surface area (Å²) in [6.45, 7) is 3.86. The standard InChI is InChI=1S/C12H20N4OS/c1-4-8-5-6-16(7-8)11(17)9-10(13)14-12(18-9)15(2)3/h8H,4-7,13H2,1-3H3. The number of anilines is 2. The van der Waals surface area contributed by atoms with Crippen molar-refractivity contribution in [2.75, 3.05) is 37.8 Å². The summed E-state index contributed by atoms with van der Waals surface area (Å²) >= 11 is 1.37. The Hall–Kier alpha value is -1.30. The molecule has 1 aliphatic rings. The van der Waals surface area contributed by atoms with E-state index in [0.29, 0.717) is 16.6 Å². The Morgan fingerprint density at radius 1 is 1.61 bits per heavy atom. The van der Waals surface area contributed by atoms with E-state index in [2.05, 4.69) is 11.9 Å². The second-order valence-corrected chi connectivity index (χ2v) is 5.90. The van der Waals surface area contributed by atoms with Gasteiger partial charge in [-0.3, -0.25) is 4.79 Å². The van der Waals surface area contributed by atoms with Crippen LogP contribution < -0.4 is 10.6 Å². The minimum atomic E-state index is 0.0362. The van der Waals surface area contributed by atoms with Gasteiger partial charge in [-0.1, -0.05) is 24.7 Å². The molecule has 1 saturated heterocycles. The minimum Gasteiger partial charge on any atom is -0.382 e. The maximum absolute atomic E-state index is 12.4. The van der Waals surface area contributed by atoms with Crippen molar-refractivity contribution in [1.29, 1.82) is 0 Å². The fraction of sp³-hybridized carbons (Fsp3) is 0.667. The average molecular weight is 268 g/mol. The van der Waals surface area contributed by atoms with Gasteiger partial charge in [0.15, 0.2) is 5.13 Å². The number of hydrogen-bond donors (Lipinski definition) is 1. The van der Waals surface area contributed by atoms with Crippen molar-refractivity contribution in [2.45, 2.75) is 19.8 Å². The lowest BCUT2D eigenvalue weighted by atomic mass is 10.1. The summed E-state index contributed by atoms with van der Waals surface area (Å²) in [4.78, 5) is 20.9. The monoisotopic (exact) mass is 268 g/mol. The molecule has 1 aromatic rings. The number of aromatic nitrogens is 1. The van der Waals surface area contributed by atoms with Gasteiger partial charge >= 0.3 is 0 Å². The molecule has 1 amide bonds. The van der Waals surface area contributed by atoms with Gasteiger partial charge in [0.05, 0.1) is 0 Å². The van der Waals surface area contributed by atoms with Gasteiger partial charge < -0.3 is 15.5 Å². The quantitative estimate of drug-likeness (QED) is 0.905. The van der Waals surface area contributed by atoms with Crippen LogP contribution in [0, 0.1) is 5.92 Å². The van der Waals surface area contributed by atoms with Crippen LogP contribution in [-0.2, 0) is 0 Å². The van der Waals surface area contributed by atoms with Crippen LogP contribution in [0.2, 0.25) is 0 Å². The summed E-state index contributed by atoms with van der Waals surface area (Å²) in [7, 11) is 3.80. The first kappa shape index (κ1) is 13.1. The highest BCUT2D eigenvalue weighted by Crippen LogP contribution is 2.30. The van der Waals surface area contributed by atoms with E-state index in [1.165, 1.54) is 11.3 Å². The molecule has 100 valence electrons. The zero-order chi connectivity index (χ0) is 13.3. The predicted molar refractivity (Wildman–Crippen MR) is 75.2 cm³/mol. The van der Waals surface area contributed by atoms with Crippen LogP contribution in [0.4, 0.5) is 10.9 Å². The Morgan fingerprint density at radius 2 is 2.33 bits per heavy atom. The molecule has 1 fully saturated rings. The van der Waals surface area contributed by atoms with Gasteiger partial charge in [-0.15, -0.1) is 0 Å². The number of carbonyl (C=O) groups is 1. The normalized spacial score (nSPS) is 19.3. The molecule has 0 aliphatic carbocycles. The Kier molecular flexibility index (Phi) is 3.75. The molecule has 0 radical (unpaired) electrons. The third-order valence-corrected chi connectivity index (χ3v) is 4.60. The minimum absolute atomic E-state index is 0.0362. The summed E-state index contributed by atoms with van der Waals surface area (Å²) < 4.78 is 0. The summed E-state index contributed by atoms with van der Waals surface area (Å²) in [5.41, 5.74) is 5.84. The Labute approximate surface area is 112 Å². The molecule has 2 N–H and O–H groups in total. The zero-order valence-corrected chi connectivity index (χ0v) is 12.0. The molecule has 2 heterocycles. The van der Waals surface area contributed by atoms with Crippen LogP contribution in [-0.4, -0.2) is 43.0 Å². The van der Waals surface area contributed by atoms with Crippen LogP contribution >= 0.6 is 11.3 Å². The van der Waals surface area contributed by atoms with Gasteiger partial charge in [0, 0.05) is 27.2 Å². The molecule has 1 unspecified atom stereocenters. The summed E-state index contributed by atoms with van der Waals surface area (Å²) in [6.07, 6.45) is 2.23. The van der Waals surface area contributed by atoms with E-state index in [-0.39, 0.29) is 5.91 Å². The zero-order valence-electron chi connectivity index (χ0n) is 11.1. The maximum Gasteiger partial charge on any atom is 0.267 e. The van der Waals surface area contributed by atoms with Gasteiger partial charge in [-0.25, -0.2) is 4.98 Å².